The van der Waals surface area contributed by atoms with E-state index in [1.54, 1.807) is 12.1 Å². The summed E-state index contributed by atoms with van der Waals surface area (Å²) in [6.45, 7) is 1.84. The van der Waals surface area contributed by atoms with Crippen LogP contribution < -0.4 is 0 Å². The van der Waals surface area contributed by atoms with Gasteiger partial charge in [0.2, 0.25) is 5.55 Å². The zero-order chi connectivity index (χ0) is 18.1. The van der Waals surface area contributed by atoms with Crippen LogP contribution >= 0.6 is 28.3 Å². The van der Waals surface area contributed by atoms with Crippen LogP contribution in [-0.4, -0.2) is 26.3 Å². The number of aryl methyl sites for hydroxylation is 1. The third-order valence-electron chi connectivity index (χ3n) is 2.68. The van der Waals surface area contributed by atoms with E-state index in [0.29, 0.717) is 11.5 Å². The molecule has 0 atom stereocenters. The van der Waals surface area contributed by atoms with Gasteiger partial charge in [-0.05, 0) is 19.1 Å². The van der Waals surface area contributed by atoms with Gasteiger partial charge in [-0.15, -0.1) is 0 Å². The predicted octanol–water partition coefficient (Wildman–Crippen LogP) is 4.14. The minimum Gasteiger partial charge on any atom is -0.298 e. The largest absolute Gasteiger partial charge is 0.298 e. The molecule has 1 rings (SSSR count). The summed E-state index contributed by atoms with van der Waals surface area (Å²) in [5, 5.41) is 17.2. The predicted molar refractivity (Wildman–Crippen MR) is 97.3 cm³/mol. The quantitative estimate of drug-likeness (QED) is 0.325. The number of hydrogen-bond acceptors (Lipinski definition) is 8. The van der Waals surface area contributed by atoms with E-state index in [1.807, 2.05) is 19.1 Å². The highest BCUT2D eigenvalue weighted by Gasteiger charge is 2.28. The second-order valence-electron chi connectivity index (χ2n) is 4.61. The van der Waals surface area contributed by atoms with Crippen molar-refractivity contribution in [3.63, 3.8) is 0 Å². The summed E-state index contributed by atoms with van der Waals surface area (Å²) in [5.41, 5.74) is -2.16. The Hall–Kier alpha value is -0.960. The van der Waals surface area contributed by atoms with Crippen LogP contribution in [0.5, 0.6) is 0 Å². The minimum absolute atomic E-state index is 0.00343. The standard InChI is InChI=1S/C14H17N2O4PS3/c1-13-4-6-14(7-5-13)24(18,19)20-12-21(17,22-10-2-8-15)23-11-3-9-16/h4-7H,2-3,10-12H2,1H3. The molecule has 0 aromatic heterocycles. The smallest absolute Gasteiger partial charge is 0.297 e. The number of benzene rings is 1. The molecule has 0 spiro atoms. The number of nitriles is 2. The Morgan fingerprint density at radius 1 is 1.08 bits per heavy atom. The Bertz CT molecular complexity index is 743. The summed E-state index contributed by atoms with van der Waals surface area (Å²) >= 11 is 2.07. The van der Waals surface area contributed by atoms with Crippen molar-refractivity contribution in [2.24, 2.45) is 0 Å². The van der Waals surface area contributed by atoms with E-state index in [-0.39, 0.29) is 17.7 Å². The second kappa shape index (κ2) is 10.1. The SMILES string of the molecule is Cc1ccc(S(=O)(=O)OCP(=O)(SCCC#N)SCCC#N)cc1. The molecule has 0 radical (unpaired) electrons. The Balaban J connectivity index is 2.78. The molecular formula is C14H17N2O4PS3. The highest BCUT2D eigenvalue weighted by atomic mass is 33.1. The molecule has 0 saturated heterocycles. The van der Waals surface area contributed by atoms with Crippen LogP contribution in [-0.2, 0) is 18.9 Å². The van der Waals surface area contributed by atoms with Crippen LogP contribution in [0.4, 0.5) is 0 Å². The fraction of sp³-hybridized carbons (Fsp3) is 0.429. The maximum atomic E-state index is 12.8. The summed E-state index contributed by atoms with van der Waals surface area (Å²) < 4.78 is 42.2. The number of hydrogen-bond donors (Lipinski definition) is 0. The van der Waals surface area contributed by atoms with Crippen molar-refractivity contribution in [3.8, 4) is 12.1 Å². The lowest BCUT2D eigenvalue weighted by molar-refractivity contribution is 0.373. The topological polar surface area (TPSA) is 108 Å². The highest BCUT2D eigenvalue weighted by Crippen LogP contribution is 2.69. The van der Waals surface area contributed by atoms with Crippen molar-refractivity contribution < 1.29 is 17.2 Å². The number of nitrogens with zero attached hydrogens (tertiary/aromatic N) is 2. The van der Waals surface area contributed by atoms with Gasteiger partial charge in [0.05, 0.1) is 17.0 Å². The zero-order valence-corrected chi connectivity index (χ0v) is 16.4. The molecule has 24 heavy (non-hydrogen) atoms. The molecule has 0 amide bonds. The molecule has 10 heteroatoms. The fourth-order valence-electron chi connectivity index (χ4n) is 1.48. The van der Waals surface area contributed by atoms with E-state index < -0.39 is 22.0 Å². The maximum Gasteiger partial charge on any atom is 0.297 e. The molecule has 1 aromatic carbocycles. The van der Waals surface area contributed by atoms with Crippen LogP contribution in [0.1, 0.15) is 18.4 Å². The Labute approximate surface area is 150 Å². The van der Waals surface area contributed by atoms with Crippen molar-refractivity contribution in [3.05, 3.63) is 29.8 Å². The van der Waals surface area contributed by atoms with Gasteiger partial charge in [-0.1, -0.05) is 40.5 Å². The second-order valence-corrected chi connectivity index (χ2v) is 14.8. The molecule has 0 aliphatic rings. The number of rotatable bonds is 10. The first-order chi connectivity index (χ1) is 11.3. The normalized spacial score (nSPS) is 11.6. The summed E-state index contributed by atoms with van der Waals surface area (Å²) in [6, 6.07) is 10.1. The van der Waals surface area contributed by atoms with Crippen LogP contribution in [0, 0.1) is 29.6 Å². The molecule has 1 aromatic rings. The van der Waals surface area contributed by atoms with Gasteiger partial charge in [0.25, 0.3) is 10.1 Å². The summed E-state index contributed by atoms with van der Waals surface area (Å²) in [7, 11) is -4.00. The van der Waals surface area contributed by atoms with E-state index in [2.05, 4.69) is 0 Å². The van der Waals surface area contributed by atoms with E-state index in [1.165, 1.54) is 12.1 Å². The van der Waals surface area contributed by atoms with Crippen molar-refractivity contribution in [2.45, 2.75) is 24.7 Å². The molecule has 0 bridgehead atoms. The third kappa shape index (κ3) is 7.29. The average molecular weight is 404 g/mol. The van der Waals surface area contributed by atoms with Gasteiger partial charge in [-0.25, -0.2) is 0 Å². The lowest BCUT2D eigenvalue weighted by Crippen LogP contribution is -2.07. The zero-order valence-electron chi connectivity index (χ0n) is 13.0. The molecule has 0 N–H and O–H groups in total. The molecule has 0 aliphatic heterocycles. The minimum atomic E-state index is -4.00. The molecule has 0 unspecified atom stereocenters. The van der Waals surface area contributed by atoms with Crippen LogP contribution in [0.2, 0.25) is 0 Å². The van der Waals surface area contributed by atoms with Crippen LogP contribution in [0.15, 0.2) is 29.2 Å². The van der Waals surface area contributed by atoms with Gasteiger partial charge in [-0.3, -0.25) is 8.75 Å². The van der Waals surface area contributed by atoms with Gasteiger partial charge < -0.3 is 0 Å². The Kier molecular flexibility index (Phi) is 8.90. The Morgan fingerprint density at radius 3 is 2.04 bits per heavy atom. The van der Waals surface area contributed by atoms with Crippen molar-refractivity contribution in [1.82, 2.24) is 0 Å². The van der Waals surface area contributed by atoms with Crippen LogP contribution in [0.3, 0.4) is 0 Å². The molecular weight excluding hydrogens is 387 g/mol. The van der Waals surface area contributed by atoms with Gasteiger partial charge in [-0.2, -0.15) is 18.9 Å². The van der Waals surface area contributed by atoms with Crippen LogP contribution in [0.25, 0.3) is 0 Å². The molecule has 0 fully saturated rings. The van der Waals surface area contributed by atoms with E-state index in [0.717, 1.165) is 28.3 Å². The molecule has 6 nitrogen and oxygen atoms in total. The lowest BCUT2D eigenvalue weighted by atomic mass is 10.2. The molecule has 130 valence electrons. The first-order valence-corrected chi connectivity index (χ1v) is 13.4. The molecule has 0 aliphatic carbocycles. The van der Waals surface area contributed by atoms with Gasteiger partial charge in [0, 0.05) is 24.3 Å². The Morgan fingerprint density at radius 2 is 1.58 bits per heavy atom. The van der Waals surface area contributed by atoms with E-state index in [9.17, 15) is 13.0 Å². The first kappa shape index (κ1) is 21.1. The highest BCUT2D eigenvalue weighted by molar-refractivity contribution is 8.90. The van der Waals surface area contributed by atoms with E-state index >= 15 is 0 Å². The lowest BCUT2D eigenvalue weighted by Gasteiger charge is -2.16. The third-order valence-corrected chi connectivity index (χ3v) is 12.1. The monoisotopic (exact) mass is 404 g/mol. The fourth-order valence-corrected chi connectivity index (χ4v) is 9.98. The maximum absolute atomic E-state index is 12.8. The average Bonchev–Trinajstić information content (AvgIpc) is 2.54. The van der Waals surface area contributed by atoms with Crippen molar-refractivity contribution in [1.29, 1.82) is 10.5 Å². The van der Waals surface area contributed by atoms with Gasteiger partial charge in [0.15, 0.2) is 0 Å². The van der Waals surface area contributed by atoms with E-state index in [4.69, 9.17) is 14.7 Å². The van der Waals surface area contributed by atoms with Gasteiger partial charge >= 0.3 is 0 Å². The van der Waals surface area contributed by atoms with Gasteiger partial charge in [0.1, 0.15) is 6.35 Å². The molecule has 0 heterocycles. The molecule has 0 saturated carbocycles. The summed E-state index contributed by atoms with van der Waals surface area (Å²) in [6.07, 6.45) is -0.0498. The first-order valence-electron chi connectivity index (χ1n) is 6.91. The summed E-state index contributed by atoms with van der Waals surface area (Å²) in [4.78, 5) is 0.00343. The van der Waals surface area contributed by atoms with Crippen molar-refractivity contribution >= 4 is 38.4 Å². The summed E-state index contributed by atoms with van der Waals surface area (Å²) in [5.74, 6) is 0.641. The van der Waals surface area contributed by atoms with Crippen molar-refractivity contribution in [2.75, 3.05) is 17.9 Å².